The summed E-state index contributed by atoms with van der Waals surface area (Å²) in [6, 6.07) is 16.5. The largest absolute Gasteiger partial charge is 0.359 e. The zero-order valence-electron chi connectivity index (χ0n) is 17.4. The normalized spacial score (nSPS) is 19.4. The second-order valence-electron chi connectivity index (χ2n) is 8.11. The first-order valence-corrected chi connectivity index (χ1v) is 10.5. The van der Waals surface area contributed by atoms with Gasteiger partial charge in [0.25, 0.3) is 0 Å². The Labute approximate surface area is 178 Å². The summed E-state index contributed by atoms with van der Waals surface area (Å²) in [6.45, 7) is 2.55. The molecule has 0 saturated carbocycles. The zero-order valence-corrected chi connectivity index (χ0v) is 17.4. The summed E-state index contributed by atoms with van der Waals surface area (Å²) in [5.41, 5.74) is 4.16. The van der Waals surface area contributed by atoms with Gasteiger partial charge in [-0.3, -0.25) is 19.7 Å². The van der Waals surface area contributed by atoms with Crippen LogP contribution >= 0.6 is 0 Å². The van der Waals surface area contributed by atoms with Gasteiger partial charge in [0, 0.05) is 50.5 Å². The number of piperidine rings is 1. The summed E-state index contributed by atoms with van der Waals surface area (Å²) in [5.74, 6) is 0.124. The van der Waals surface area contributed by atoms with Crippen LogP contribution in [0, 0.1) is 5.41 Å². The molecule has 1 unspecified atom stereocenters. The van der Waals surface area contributed by atoms with Gasteiger partial charge in [0.05, 0.1) is 5.41 Å². The lowest BCUT2D eigenvalue weighted by Gasteiger charge is -2.42. The van der Waals surface area contributed by atoms with E-state index in [9.17, 15) is 4.79 Å². The van der Waals surface area contributed by atoms with Crippen molar-refractivity contribution in [3.63, 3.8) is 0 Å². The van der Waals surface area contributed by atoms with Crippen molar-refractivity contribution in [3.8, 4) is 11.1 Å². The van der Waals surface area contributed by atoms with Crippen molar-refractivity contribution in [3.05, 3.63) is 84.4 Å². The summed E-state index contributed by atoms with van der Waals surface area (Å²) in [4.78, 5) is 24.1. The predicted octanol–water partition coefficient (Wildman–Crippen LogP) is 3.71. The van der Waals surface area contributed by atoms with E-state index in [-0.39, 0.29) is 5.91 Å². The van der Waals surface area contributed by atoms with E-state index < -0.39 is 5.41 Å². The molecule has 154 valence electrons. The monoisotopic (exact) mass is 400 g/mol. The summed E-state index contributed by atoms with van der Waals surface area (Å²) in [6.07, 6.45) is 9.98. The van der Waals surface area contributed by atoms with E-state index in [1.165, 1.54) is 11.1 Å². The molecule has 1 N–H and O–H groups in total. The van der Waals surface area contributed by atoms with Crippen LogP contribution in [-0.2, 0) is 17.8 Å². The highest BCUT2D eigenvalue weighted by Crippen LogP contribution is 2.37. The second kappa shape index (κ2) is 9.18. The molecule has 1 aliphatic heterocycles. The molecule has 1 saturated heterocycles. The minimum atomic E-state index is -0.451. The molecule has 5 heteroatoms. The Hall–Kier alpha value is -3.05. The molecule has 0 spiro atoms. The molecule has 4 rings (SSSR count). The van der Waals surface area contributed by atoms with Crippen molar-refractivity contribution in [1.82, 2.24) is 20.2 Å². The Bertz CT molecular complexity index is 977. The lowest BCUT2D eigenvalue weighted by Crippen LogP contribution is -2.52. The molecule has 0 bridgehead atoms. The van der Waals surface area contributed by atoms with Crippen molar-refractivity contribution in [2.24, 2.45) is 5.41 Å². The quantitative estimate of drug-likeness (QED) is 0.685. The summed E-state index contributed by atoms with van der Waals surface area (Å²) < 4.78 is 0. The van der Waals surface area contributed by atoms with Crippen LogP contribution in [0.2, 0.25) is 0 Å². The average molecular weight is 401 g/mol. The first-order chi connectivity index (χ1) is 14.7. The minimum Gasteiger partial charge on any atom is -0.359 e. The maximum Gasteiger partial charge on any atom is 0.227 e. The molecule has 5 nitrogen and oxygen atoms in total. The zero-order chi connectivity index (χ0) is 20.8. The van der Waals surface area contributed by atoms with Crippen molar-refractivity contribution in [2.75, 3.05) is 20.1 Å². The molecular weight excluding hydrogens is 372 g/mol. The minimum absolute atomic E-state index is 0.124. The number of likely N-dealkylation sites (tertiary alicyclic amines) is 1. The van der Waals surface area contributed by atoms with Crippen LogP contribution in [0.4, 0.5) is 0 Å². The summed E-state index contributed by atoms with van der Waals surface area (Å²) >= 11 is 0. The van der Waals surface area contributed by atoms with Gasteiger partial charge in [0.15, 0.2) is 0 Å². The predicted molar refractivity (Wildman–Crippen MR) is 119 cm³/mol. The highest BCUT2D eigenvalue weighted by molar-refractivity contribution is 5.83. The van der Waals surface area contributed by atoms with E-state index in [1.54, 1.807) is 19.4 Å². The van der Waals surface area contributed by atoms with Gasteiger partial charge < -0.3 is 5.32 Å². The van der Waals surface area contributed by atoms with Gasteiger partial charge in [-0.25, -0.2) is 0 Å². The van der Waals surface area contributed by atoms with Gasteiger partial charge in [-0.15, -0.1) is 0 Å². The molecule has 0 radical (unpaired) electrons. The molecule has 2 aromatic heterocycles. The number of nitrogens with one attached hydrogen (secondary N) is 1. The highest BCUT2D eigenvalue weighted by atomic mass is 16.2. The molecule has 1 fully saturated rings. The molecular formula is C25H28N4O. The molecule has 1 atom stereocenters. The third-order valence-corrected chi connectivity index (χ3v) is 6.01. The van der Waals surface area contributed by atoms with Gasteiger partial charge in [0.1, 0.15) is 0 Å². The topological polar surface area (TPSA) is 58.1 Å². The first kappa shape index (κ1) is 20.2. The van der Waals surface area contributed by atoms with E-state index in [0.717, 1.165) is 43.6 Å². The van der Waals surface area contributed by atoms with Gasteiger partial charge in [0.2, 0.25) is 5.91 Å². The number of hydrogen-bond acceptors (Lipinski definition) is 4. The Morgan fingerprint density at radius 2 is 1.87 bits per heavy atom. The number of carbonyl (C=O) groups is 1. The highest BCUT2D eigenvalue weighted by Gasteiger charge is 2.42. The van der Waals surface area contributed by atoms with Gasteiger partial charge in [-0.2, -0.15) is 0 Å². The molecule has 3 heterocycles. The van der Waals surface area contributed by atoms with E-state index in [4.69, 9.17) is 0 Å². The van der Waals surface area contributed by atoms with Crippen LogP contribution in [-0.4, -0.2) is 40.9 Å². The lowest BCUT2D eigenvalue weighted by atomic mass is 9.73. The lowest BCUT2D eigenvalue weighted by molar-refractivity contribution is -0.134. The van der Waals surface area contributed by atoms with Crippen LogP contribution in [0.1, 0.15) is 24.0 Å². The number of amides is 1. The number of aromatic nitrogens is 2. The third kappa shape index (κ3) is 4.41. The number of carbonyl (C=O) groups excluding carboxylic acids is 1. The first-order valence-electron chi connectivity index (χ1n) is 10.5. The summed E-state index contributed by atoms with van der Waals surface area (Å²) in [7, 11) is 1.75. The number of hydrogen-bond donors (Lipinski definition) is 1. The van der Waals surface area contributed by atoms with E-state index in [0.29, 0.717) is 6.42 Å². The van der Waals surface area contributed by atoms with Gasteiger partial charge >= 0.3 is 0 Å². The van der Waals surface area contributed by atoms with Gasteiger partial charge in [-0.05, 0) is 54.6 Å². The SMILES string of the molecule is CNC(=O)C1(Cc2ccccc2-c2cccnc2)CCCN(Cc2cccnc2)C1. The number of rotatable bonds is 6. The Balaban J connectivity index is 1.63. The molecule has 3 aromatic rings. The van der Waals surface area contributed by atoms with Crippen molar-refractivity contribution < 1.29 is 4.79 Å². The fraction of sp³-hybridized carbons (Fsp3) is 0.320. The van der Waals surface area contributed by atoms with Crippen molar-refractivity contribution in [1.29, 1.82) is 0 Å². The fourth-order valence-corrected chi connectivity index (χ4v) is 4.63. The van der Waals surface area contributed by atoms with E-state index >= 15 is 0 Å². The fourth-order valence-electron chi connectivity index (χ4n) is 4.63. The summed E-state index contributed by atoms with van der Waals surface area (Å²) in [5, 5.41) is 2.95. The van der Waals surface area contributed by atoms with E-state index in [2.05, 4.69) is 50.5 Å². The molecule has 1 aliphatic rings. The number of nitrogens with zero attached hydrogens (tertiary/aromatic N) is 3. The van der Waals surface area contributed by atoms with Crippen LogP contribution in [0.25, 0.3) is 11.1 Å². The van der Waals surface area contributed by atoms with Crippen LogP contribution in [0.15, 0.2) is 73.3 Å². The maximum absolute atomic E-state index is 13.2. The van der Waals surface area contributed by atoms with Crippen LogP contribution in [0.3, 0.4) is 0 Å². The van der Waals surface area contributed by atoms with Gasteiger partial charge in [-0.1, -0.05) is 36.4 Å². The van der Waals surface area contributed by atoms with Crippen molar-refractivity contribution >= 4 is 5.91 Å². The second-order valence-corrected chi connectivity index (χ2v) is 8.11. The standard InChI is InChI=1S/C25H28N4O/c1-26-24(30)25(11-6-14-29(19-25)18-20-7-4-12-27-16-20)15-21-8-2-3-10-23(21)22-9-5-13-28-17-22/h2-5,7-10,12-13,16-17H,6,11,14-15,18-19H2,1H3,(H,26,30). The maximum atomic E-state index is 13.2. The van der Waals surface area contributed by atoms with Crippen LogP contribution in [0.5, 0.6) is 0 Å². The average Bonchev–Trinajstić information content (AvgIpc) is 2.80. The smallest absolute Gasteiger partial charge is 0.227 e. The van der Waals surface area contributed by atoms with E-state index in [1.807, 2.05) is 30.6 Å². The molecule has 0 aliphatic carbocycles. The van der Waals surface area contributed by atoms with Crippen LogP contribution < -0.4 is 5.32 Å². The Morgan fingerprint density at radius 1 is 1.07 bits per heavy atom. The molecule has 1 aromatic carbocycles. The molecule has 30 heavy (non-hydrogen) atoms. The Kier molecular flexibility index (Phi) is 6.19. The van der Waals surface area contributed by atoms with Crippen molar-refractivity contribution in [2.45, 2.75) is 25.8 Å². The molecule has 1 amide bonds. The number of benzene rings is 1. The Morgan fingerprint density at radius 3 is 2.60 bits per heavy atom. The number of pyridine rings is 2. The third-order valence-electron chi connectivity index (χ3n) is 6.01.